The predicted octanol–water partition coefficient (Wildman–Crippen LogP) is 12.7. The maximum absolute atomic E-state index is 11.1. The molecule has 0 saturated heterocycles. The second-order valence-corrected chi connectivity index (χ2v) is 16.6. The lowest BCUT2D eigenvalue weighted by atomic mass is 9.83. The maximum Gasteiger partial charge on any atom is 0.128 e. The number of rotatable bonds is 4. The molecule has 3 nitrogen and oxygen atoms in total. The summed E-state index contributed by atoms with van der Waals surface area (Å²) in [5.74, 6) is 0.250. The zero-order valence-electron chi connectivity index (χ0n) is 30.0. The first-order valence-electron chi connectivity index (χ1n) is 17.0. The molecule has 0 radical (unpaired) electrons. The van der Waals surface area contributed by atoms with E-state index in [9.17, 15) is 5.11 Å². The van der Waals surface area contributed by atoms with E-state index in [0.717, 1.165) is 59.5 Å². The average Bonchev–Trinajstić information content (AvgIpc) is 3.47. The zero-order valence-corrected chi connectivity index (χ0v) is 30.8. The average molecular weight is 661 g/mol. The minimum atomic E-state index is -0.0545. The molecule has 0 bridgehead atoms. The fourth-order valence-corrected chi connectivity index (χ4v) is 7.95. The number of nitrogens with zero attached hydrogens (tertiary/aromatic N) is 2. The Kier molecular flexibility index (Phi) is 7.99. The van der Waals surface area contributed by atoms with Gasteiger partial charge in [-0.2, -0.15) is 0 Å². The lowest BCUT2D eigenvalue weighted by molar-refractivity contribution is 0.476. The van der Waals surface area contributed by atoms with Gasteiger partial charge in [0.25, 0.3) is 0 Å². The van der Waals surface area contributed by atoms with Gasteiger partial charge in [-0.3, -0.25) is 4.98 Å². The Morgan fingerprint density at radius 2 is 1.24 bits per heavy atom. The number of thiazole rings is 1. The molecule has 1 N–H and O–H groups in total. The SMILES string of the molecule is Cc1cc(-c2cc(C(C)(C)C)cc3cccnc23)cc(-c2cc(-c3c(C)cccc3C)cc3sc(-c4cc(C(C)(C)C)ccc4O)nc23)c1. The molecule has 0 aliphatic carbocycles. The number of aryl methyl sites for hydroxylation is 3. The Labute approximate surface area is 294 Å². The number of hydrogen-bond donors (Lipinski definition) is 1. The van der Waals surface area contributed by atoms with E-state index >= 15 is 0 Å². The van der Waals surface area contributed by atoms with Gasteiger partial charge >= 0.3 is 0 Å². The Hall–Kier alpha value is -4.80. The van der Waals surface area contributed by atoms with Gasteiger partial charge in [0.15, 0.2) is 0 Å². The van der Waals surface area contributed by atoms with Crippen LogP contribution >= 0.6 is 11.3 Å². The fraction of sp³-hybridized carbons (Fsp3) is 0.244. The summed E-state index contributed by atoms with van der Waals surface area (Å²) in [6.07, 6.45) is 1.89. The van der Waals surface area contributed by atoms with Crippen LogP contribution in [0.25, 0.3) is 65.1 Å². The summed E-state index contributed by atoms with van der Waals surface area (Å²) < 4.78 is 1.09. The van der Waals surface area contributed by atoms with Crippen molar-refractivity contribution in [2.75, 3.05) is 0 Å². The summed E-state index contributed by atoms with van der Waals surface area (Å²) in [7, 11) is 0. The second-order valence-electron chi connectivity index (χ2n) is 15.6. The first-order chi connectivity index (χ1) is 23.2. The number of hydrogen-bond acceptors (Lipinski definition) is 4. The predicted molar refractivity (Wildman–Crippen MR) is 210 cm³/mol. The molecule has 246 valence electrons. The van der Waals surface area contributed by atoms with Gasteiger partial charge in [0.05, 0.1) is 21.3 Å². The molecular formula is C45H44N2OS. The molecule has 2 aromatic heterocycles. The zero-order chi connectivity index (χ0) is 34.8. The lowest BCUT2D eigenvalue weighted by Gasteiger charge is -2.21. The van der Waals surface area contributed by atoms with E-state index in [2.05, 4.69) is 135 Å². The van der Waals surface area contributed by atoms with Gasteiger partial charge in [-0.15, -0.1) is 11.3 Å². The van der Waals surface area contributed by atoms with E-state index in [0.29, 0.717) is 0 Å². The van der Waals surface area contributed by atoms with Crippen LogP contribution in [0.2, 0.25) is 0 Å². The topological polar surface area (TPSA) is 46.0 Å². The third kappa shape index (κ3) is 6.15. The highest BCUT2D eigenvalue weighted by Crippen LogP contribution is 2.44. The quantitative estimate of drug-likeness (QED) is 0.204. The Morgan fingerprint density at radius 3 is 1.92 bits per heavy atom. The molecule has 2 heterocycles. The van der Waals surface area contributed by atoms with Crippen molar-refractivity contribution >= 4 is 32.5 Å². The van der Waals surface area contributed by atoms with Crippen molar-refractivity contribution in [3.63, 3.8) is 0 Å². The summed E-state index contributed by atoms with van der Waals surface area (Å²) in [5.41, 5.74) is 15.7. The number of pyridine rings is 1. The minimum Gasteiger partial charge on any atom is -0.507 e. The van der Waals surface area contributed by atoms with Gasteiger partial charge in [-0.25, -0.2) is 4.98 Å². The normalized spacial score (nSPS) is 12.3. The van der Waals surface area contributed by atoms with Crippen LogP contribution in [0.5, 0.6) is 5.75 Å². The van der Waals surface area contributed by atoms with E-state index < -0.39 is 0 Å². The molecule has 7 aromatic rings. The van der Waals surface area contributed by atoms with Crippen molar-refractivity contribution < 1.29 is 5.11 Å². The molecule has 0 fully saturated rings. The number of phenolic OH excluding ortho intramolecular Hbond substituents is 1. The number of aromatic hydroxyl groups is 1. The van der Waals surface area contributed by atoms with Crippen LogP contribution in [0.1, 0.15) is 69.4 Å². The van der Waals surface area contributed by atoms with E-state index in [1.54, 1.807) is 11.3 Å². The van der Waals surface area contributed by atoms with Crippen LogP contribution in [-0.2, 0) is 10.8 Å². The Balaban J connectivity index is 1.51. The van der Waals surface area contributed by atoms with Gasteiger partial charge in [0.1, 0.15) is 10.8 Å². The molecular weight excluding hydrogens is 617 g/mol. The highest BCUT2D eigenvalue weighted by molar-refractivity contribution is 7.21. The van der Waals surface area contributed by atoms with Gasteiger partial charge in [0.2, 0.25) is 0 Å². The number of benzene rings is 5. The van der Waals surface area contributed by atoms with Gasteiger partial charge in [-0.1, -0.05) is 84.0 Å². The first-order valence-corrected chi connectivity index (χ1v) is 17.9. The molecule has 7 rings (SSSR count). The van der Waals surface area contributed by atoms with Crippen LogP contribution in [-0.4, -0.2) is 15.1 Å². The van der Waals surface area contributed by atoms with Crippen LogP contribution in [0, 0.1) is 20.8 Å². The number of fused-ring (bicyclic) bond motifs is 2. The van der Waals surface area contributed by atoms with E-state index in [1.165, 1.54) is 33.4 Å². The standard InChI is InChI=1S/C45H44N2OS/c1-26-18-30(20-31(19-26)36-25-34(45(7,8)9)21-29-14-11-17-46-41(29)36)35-22-32(40-27(2)12-10-13-28(40)3)23-39-42(35)47-43(49-39)37-24-33(44(4,5)6)15-16-38(37)48/h10-25,48H,1-9H3. The summed E-state index contributed by atoms with van der Waals surface area (Å²) in [5, 5.41) is 13.1. The molecule has 5 aromatic carbocycles. The third-order valence-corrected chi connectivity index (χ3v) is 10.7. The molecule has 0 saturated carbocycles. The van der Waals surface area contributed by atoms with Crippen molar-refractivity contribution in [1.82, 2.24) is 9.97 Å². The maximum atomic E-state index is 11.1. The summed E-state index contributed by atoms with van der Waals surface area (Å²) in [6.45, 7) is 19.9. The highest BCUT2D eigenvalue weighted by Gasteiger charge is 2.22. The first kappa shape index (κ1) is 32.7. The van der Waals surface area contributed by atoms with Crippen molar-refractivity contribution in [3.05, 3.63) is 125 Å². The second kappa shape index (κ2) is 12.0. The molecule has 0 amide bonds. The van der Waals surface area contributed by atoms with E-state index in [4.69, 9.17) is 9.97 Å². The molecule has 0 aliphatic rings. The lowest BCUT2D eigenvalue weighted by Crippen LogP contribution is -2.11. The van der Waals surface area contributed by atoms with Crippen LogP contribution in [0.15, 0.2) is 97.2 Å². The van der Waals surface area contributed by atoms with Crippen LogP contribution in [0.3, 0.4) is 0 Å². The molecule has 0 aliphatic heterocycles. The smallest absolute Gasteiger partial charge is 0.128 e. The van der Waals surface area contributed by atoms with Gasteiger partial charge in [-0.05, 0) is 130 Å². The molecule has 49 heavy (non-hydrogen) atoms. The summed E-state index contributed by atoms with van der Waals surface area (Å²) in [6, 6.07) is 32.6. The molecule has 4 heteroatoms. The molecule has 0 atom stereocenters. The Bertz CT molecular complexity index is 2380. The van der Waals surface area contributed by atoms with E-state index in [1.807, 2.05) is 24.4 Å². The monoisotopic (exact) mass is 660 g/mol. The van der Waals surface area contributed by atoms with Crippen molar-refractivity contribution in [2.24, 2.45) is 0 Å². The van der Waals surface area contributed by atoms with Gasteiger partial charge in [0, 0.05) is 22.7 Å². The number of aromatic nitrogens is 2. The number of phenols is 1. The molecule has 0 unspecified atom stereocenters. The van der Waals surface area contributed by atoms with Crippen molar-refractivity contribution in [2.45, 2.75) is 73.1 Å². The highest BCUT2D eigenvalue weighted by atomic mass is 32.1. The minimum absolute atomic E-state index is 0.00974. The fourth-order valence-electron chi connectivity index (χ4n) is 6.89. The van der Waals surface area contributed by atoms with Gasteiger partial charge < -0.3 is 5.11 Å². The molecule has 0 spiro atoms. The van der Waals surface area contributed by atoms with Crippen LogP contribution < -0.4 is 0 Å². The third-order valence-electron chi connectivity index (χ3n) is 9.63. The summed E-state index contributed by atoms with van der Waals surface area (Å²) in [4.78, 5) is 10.2. The summed E-state index contributed by atoms with van der Waals surface area (Å²) >= 11 is 1.64. The largest absolute Gasteiger partial charge is 0.507 e. The van der Waals surface area contributed by atoms with Crippen LogP contribution in [0.4, 0.5) is 0 Å². The van der Waals surface area contributed by atoms with Crippen molar-refractivity contribution in [3.8, 4) is 49.7 Å². The van der Waals surface area contributed by atoms with Crippen molar-refractivity contribution in [1.29, 1.82) is 0 Å². The Morgan fingerprint density at radius 1 is 0.592 bits per heavy atom. The van der Waals surface area contributed by atoms with E-state index in [-0.39, 0.29) is 16.6 Å².